The first-order valence-corrected chi connectivity index (χ1v) is 6.62. The number of carbonyl (C=O) groups is 2. The molecule has 0 atom stereocenters. The molecule has 0 fully saturated rings. The van der Waals surface area contributed by atoms with Gasteiger partial charge in [0.25, 0.3) is 0 Å². The highest BCUT2D eigenvalue weighted by atomic mass is 32.2. The molecule has 17 heavy (non-hydrogen) atoms. The van der Waals surface area contributed by atoms with Crippen LogP contribution in [0.3, 0.4) is 0 Å². The molecular weight excluding hydrogens is 240 g/mol. The van der Waals surface area contributed by atoms with Crippen LogP contribution in [0.4, 0.5) is 4.79 Å². The highest BCUT2D eigenvalue weighted by Gasteiger charge is 2.15. The quantitative estimate of drug-likeness (QED) is 0.759. The van der Waals surface area contributed by atoms with Gasteiger partial charge in [-0.1, -0.05) is 0 Å². The maximum absolute atomic E-state index is 11.2. The number of carbonyl (C=O) groups excluding carboxylic acids is 2. The van der Waals surface area contributed by atoms with Crippen LogP contribution in [0.2, 0.25) is 0 Å². The number of ether oxygens (including phenoxy) is 1. The monoisotopic (exact) mass is 262 g/mol. The molecular formula is C11H22N2O3S. The third-order valence-electron chi connectivity index (χ3n) is 1.64. The summed E-state index contributed by atoms with van der Waals surface area (Å²) in [5.41, 5.74) is -0.474. The number of alkyl carbamates (subject to hydrolysis) is 1. The molecule has 0 bridgehead atoms. The predicted octanol–water partition coefficient (Wildman–Crippen LogP) is 1.33. The van der Waals surface area contributed by atoms with E-state index in [-0.39, 0.29) is 5.91 Å². The average molecular weight is 262 g/mol. The summed E-state index contributed by atoms with van der Waals surface area (Å²) in [7, 11) is 3.45. The van der Waals surface area contributed by atoms with Crippen LogP contribution in [0.25, 0.3) is 0 Å². The normalized spacial score (nSPS) is 10.9. The number of rotatable bonds is 5. The zero-order chi connectivity index (χ0) is 13.5. The Morgan fingerprint density at radius 2 is 1.88 bits per heavy atom. The van der Waals surface area contributed by atoms with Crippen LogP contribution in [-0.4, -0.2) is 54.6 Å². The molecule has 0 rings (SSSR count). The van der Waals surface area contributed by atoms with Gasteiger partial charge in [0.05, 0.1) is 5.75 Å². The van der Waals surface area contributed by atoms with Crippen LogP contribution >= 0.6 is 11.8 Å². The Balaban J connectivity index is 3.53. The molecule has 0 unspecified atom stereocenters. The number of thioether (sulfide) groups is 1. The van der Waals surface area contributed by atoms with Crippen molar-refractivity contribution in [2.75, 3.05) is 32.1 Å². The molecule has 0 aromatic carbocycles. The van der Waals surface area contributed by atoms with E-state index in [1.54, 1.807) is 19.0 Å². The van der Waals surface area contributed by atoms with E-state index in [0.29, 0.717) is 18.1 Å². The fourth-order valence-corrected chi connectivity index (χ4v) is 1.65. The number of amides is 2. The van der Waals surface area contributed by atoms with Crippen molar-refractivity contribution >= 4 is 23.8 Å². The fourth-order valence-electron chi connectivity index (χ4n) is 0.828. The molecule has 2 amide bonds. The summed E-state index contributed by atoms with van der Waals surface area (Å²) in [6, 6.07) is 0. The third-order valence-corrected chi connectivity index (χ3v) is 2.58. The van der Waals surface area contributed by atoms with Crippen molar-refractivity contribution in [3.05, 3.63) is 0 Å². The minimum absolute atomic E-state index is 0.0762. The van der Waals surface area contributed by atoms with Crippen LogP contribution in [-0.2, 0) is 9.53 Å². The van der Waals surface area contributed by atoms with Gasteiger partial charge in [-0.2, -0.15) is 11.8 Å². The minimum atomic E-state index is -0.474. The lowest BCUT2D eigenvalue weighted by Gasteiger charge is -2.19. The van der Waals surface area contributed by atoms with E-state index in [1.807, 2.05) is 20.8 Å². The lowest BCUT2D eigenvalue weighted by molar-refractivity contribution is -0.125. The number of hydrogen-bond donors (Lipinski definition) is 1. The number of nitrogens with zero attached hydrogens (tertiary/aromatic N) is 1. The lowest BCUT2D eigenvalue weighted by atomic mass is 10.2. The van der Waals surface area contributed by atoms with Crippen LogP contribution in [0, 0.1) is 0 Å². The van der Waals surface area contributed by atoms with Gasteiger partial charge in [0.2, 0.25) is 5.91 Å². The molecule has 0 aliphatic rings. The topological polar surface area (TPSA) is 58.6 Å². The van der Waals surface area contributed by atoms with Crippen molar-refractivity contribution in [3.63, 3.8) is 0 Å². The molecule has 100 valence electrons. The van der Waals surface area contributed by atoms with Crippen molar-refractivity contribution in [3.8, 4) is 0 Å². The molecule has 0 radical (unpaired) electrons. The average Bonchev–Trinajstić information content (AvgIpc) is 2.13. The first kappa shape index (κ1) is 16.1. The zero-order valence-electron chi connectivity index (χ0n) is 11.2. The first-order valence-electron chi connectivity index (χ1n) is 5.47. The summed E-state index contributed by atoms with van der Waals surface area (Å²) in [4.78, 5) is 24.0. The molecule has 0 heterocycles. The summed E-state index contributed by atoms with van der Waals surface area (Å²) in [5.74, 6) is 1.20. The zero-order valence-corrected chi connectivity index (χ0v) is 12.0. The standard InChI is InChI=1S/C11H22N2O3S/c1-11(2,3)16-10(15)12-6-7-17-8-9(14)13(4)5/h6-8H2,1-5H3,(H,12,15). The van der Waals surface area contributed by atoms with Crippen LogP contribution in [0.5, 0.6) is 0 Å². The van der Waals surface area contributed by atoms with Crippen molar-refractivity contribution in [2.24, 2.45) is 0 Å². The number of nitrogens with one attached hydrogen (secondary N) is 1. The van der Waals surface area contributed by atoms with Gasteiger partial charge >= 0.3 is 6.09 Å². The Morgan fingerprint density at radius 1 is 1.29 bits per heavy atom. The van der Waals surface area contributed by atoms with E-state index in [1.165, 1.54) is 11.8 Å². The predicted molar refractivity (Wildman–Crippen MR) is 70.3 cm³/mol. The Labute approximate surface area is 107 Å². The molecule has 0 spiro atoms. The molecule has 0 saturated heterocycles. The largest absolute Gasteiger partial charge is 0.444 e. The second kappa shape index (κ2) is 7.42. The molecule has 0 saturated carbocycles. The van der Waals surface area contributed by atoms with Crippen molar-refractivity contribution in [1.82, 2.24) is 10.2 Å². The van der Waals surface area contributed by atoms with Crippen LogP contribution < -0.4 is 5.32 Å². The molecule has 0 aromatic rings. The van der Waals surface area contributed by atoms with Gasteiger partial charge in [-0.05, 0) is 20.8 Å². The minimum Gasteiger partial charge on any atom is -0.444 e. The van der Waals surface area contributed by atoms with Crippen molar-refractivity contribution < 1.29 is 14.3 Å². The van der Waals surface area contributed by atoms with Crippen molar-refractivity contribution in [1.29, 1.82) is 0 Å². The highest BCUT2D eigenvalue weighted by Crippen LogP contribution is 2.06. The van der Waals surface area contributed by atoms with Crippen LogP contribution in [0.1, 0.15) is 20.8 Å². The number of hydrogen-bond acceptors (Lipinski definition) is 4. The molecule has 0 aliphatic carbocycles. The van der Waals surface area contributed by atoms with E-state index >= 15 is 0 Å². The maximum Gasteiger partial charge on any atom is 0.407 e. The Bertz CT molecular complexity index is 262. The van der Waals surface area contributed by atoms with Gasteiger partial charge in [-0.3, -0.25) is 4.79 Å². The molecule has 0 aromatic heterocycles. The highest BCUT2D eigenvalue weighted by molar-refractivity contribution is 7.99. The van der Waals surface area contributed by atoms with Gasteiger partial charge < -0.3 is 15.0 Å². The van der Waals surface area contributed by atoms with Crippen molar-refractivity contribution in [2.45, 2.75) is 26.4 Å². The van der Waals surface area contributed by atoms with E-state index in [2.05, 4.69) is 5.32 Å². The Kier molecular flexibility index (Phi) is 7.03. The second-order valence-electron chi connectivity index (χ2n) is 4.77. The summed E-state index contributed by atoms with van der Waals surface area (Å²) in [6.45, 7) is 5.95. The maximum atomic E-state index is 11.2. The fraction of sp³-hybridized carbons (Fsp3) is 0.818. The smallest absolute Gasteiger partial charge is 0.407 e. The Morgan fingerprint density at radius 3 is 2.35 bits per heavy atom. The summed E-state index contributed by atoms with van der Waals surface area (Å²) >= 11 is 1.49. The third kappa shape index (κ3) is 9.99. The second-order valence-corrected chi connectivity index (χ2v) is 5.87. The van der Waals surface area contributed by atoms with Crippen LogP contribution in [0.15, 0.2) is 0 Å². The Hall–Kier alpha value is -0.910. The van der Waals surface area contributed by atoms with E-state index in [9.17, 15) is 9.59 Å². The molecule has 0 aliphatic heterocycles. The SMILES string of the molecule is CN(C)C(=O)CSCCNC(=O)OC(C)(C)C. The van der Waals surface area contributed by atoms with Gasteiger partial charge in [0.15, 0.2) is 0 Å². The first-order chi connectivity index (χ1) is 7.72. The van der Waals surface area contributed by atoms with E-state index in [4.69, 9.17) is 4.74 Å². The van der Waals surface area contributed by atoms with Gasteiger partial charge in [0.1, 0.15) is 5.60 Å². The molecule has 1 N–H and O–H groups in total. The van der Waals surface area contributed by atoms with E-state index < -0.39 is 11.7 Å². The summed E-state index contributed by atoms with van der Waals surface area (Å²) in [6.07, 6.45) is -0.419. The summed E-state index contributed by atoms with van der Waals surface area (Å²) < 4.78 is 5.07. The lowest BCUT2D eigenvalue weighted by Crippen LogP contribution is -2.33. The molecule has 5 nitrogen and oxygen atoms in total. The summed E-state index contributed by atoms with van der Waals surface area (Å²) in [5, 5.41) is 2.64. The van der Waals surface area contributed by atoms with Gasteiger partial charge in [-0.15, -0.1) is 0 Å². The molecule has 6 heteroatoms. The van der Waals surface area contributed by atoms with Gasteiger partial charge in [0, 0.05) is 26.4 Å². The van der Waals surface area contributed by atoms with E-state index in [0.717, 1.165) is 0 Å². The van der Waals surface area contributed by atoms with Gasteiger partial charge in [-0.25, -0.2) is 4.79 Å².